The molecule has 1 aliphatic rings. The predicted octanol–water partition coefficient (Wildman–Crippen LogP) is 2.65. The number of likely N-dealkylation sites (N-methyl/N-ethyl adjacent to an activating group) is 1. The van der Waals surface area contributed by atoms with Crippen LogP contribution in [0.15, 0.2) is 42.5 Å². The second-order valence-corrected chi connectivity index (χ2v) is 10.2. The number of nitrogens with zero attached hydrogens (tertiary/aromatic N) is 7. The van der Waals surface area contributed by atoms with Crippen LogP contribution in [0.5, 0.6) is 5.75 Å². The van der Waals surface area contributed by atoms with Crippen molar-refractivity contribution in [1.29, 1.82) is 0 Å². The van der Waals surface area contributed by atoms with E-state index in [1.807, 2.05) is 48.2 Å². The predicted molar refractivity (Wildman–Crippen MR) is 148 cm³/mol. The third kappa shape index (κ3) is 6.18. The molecule has 0 bridgehead atoms. The first-order valence-corrected chi connectivity index (χ1v) is 13.9. The number of hydrogen-bond donors (Lipinski definition) is 1. The zero-order chi connectivity index (χ0) is 29.1. The molecule has 2 atom stereocenters. The molecule has 1 aliphatic heterocycles. The van der Waals surface area contributed by atoms with E-state index in [4.69, 9.17) is 14.5 Å². The van der Waals surface area contributed by atoms with Gasteiger partial charge in [-0.3, -0.25) is 8.78 Å². The number of morpholine rings is 1. The molecule has 5 rings (SSSR count). The lowest BCUT2D eigenvalue weighted by atomic mass is 10.0. The van der Waals surface area contributed by atoms with E-state index >= 15 is 0 Å². The largest absolute Gasteiger partial charge is 0.760 e. The van der Waals surface area contributed by atoms with Crippen molar-refractivity contribution in [3.8, 4) is 23.1 Å². The first kappa shape index (κ1) is 28.9. The van der Waals surface area contributed by atoms with Gasteiger partial charge in [-0.15, -0.1) is 0 Å². The van der Waals surface area contributed by atoms with Crippen molar-refractivity contribution in [3.05, 3.63) is 53.9 Å². The van der Waals surface area contributed by atoms with Gasteiger partial charge >= 0.3 is 0 Å². The second-order valence-electron chi connectivity index (χ2n) is 9.48. The average Bonchev–Trinajstić information content (AvgIpc) is 3.38. The number of halogens is 2. The van der Waals surface area contributed by atoms with E-state index in [9.17, 15) is 17.5 Å². The number of ether oxygens (including phenoxy) is 2. The summed E-state index contributed by atoms with van der Waals surface area (Å²) in [5, 5.41) is 0. The number of methoxy groups -OCH3 is 1. The van der Waals surface area contributed by atoms with Crippen molar-refractivity contribution in [2.75, 3.05) is 59.0 Å². The average molecular weight is 588 g/mol. The van der Waals surface area contributed by atoms with Crippen molar-refractivity contribution in [1.82, 2.24) is 34.1 Å². The summed E-state index contributed by atoms with van der Waals surface area (Å²) in [7, 11) is 5.16. The van der Waals surface area contributed by atoms with E-state index in [1.54, 1.807) is 18.2 Å². The number of fused-ring (bicyclic) bond motifs is 1. The molecule has 218 valence electrons. The van der Waals surface area contributed by atoms with Crippen molar-refractivity contribution >= 4 is 28.2 Å². The fourth-order valence-electron chi connectivity index (χ4n) is 4.70. The molecule has 12 nitrogen and oxygen atoms in total. The van der Waals surface area contributed by atoms with Gasteiger partial charge in [0.25, 0.3) is 6.43 Å². The summed E-state index contributed by atoms with van der Waals surface area (Å²) in [6.07, 6.45) is -2.90. The van der Waals surface area contributed by atoms with E-state index in [0.29, 0.717) is 49.1 Å². The topological polar surface area (TPSA) is 134 Å². The van der Waals surface area contributed by atoms with E-state index in [0.717, 1.165) is 5.56 Å². The lowest BCUT2D eigenvalue weighted by Crippen LogP contribution is -2.37. The van der Waals surface area contributed by atoms with Crippen molar-refractivity contribution in [3.63, 3.8) is 0 Å². The number of benzene rings is 2. The van der Waals surface area contributed by atoms with Crippen LogP contribution < -0.4 is 14.4 Å². The van der Waals surface area contributed by atoms with Gasteiger partial charge in [0.1, 0.15) is 11.3 Å². The number of rotatable bonds is 10. The van der Waals surface area contributed by atoms with Crippen LogP contribution in [0.2, 0.25) is 0 Å². The van der Waals surface area contributed by atoms with Gasteiger partial charge in [0.2, 0.25) is 11.9 Å². The smallest absolute Gasteiger partial charge is 0.296 e. The van der Waals surface area contributed by atoms with E-state index in [1.165, 1.54) is 11.7 Å². The maximum absolute atomic E-state index is 14.3. The van der Waals surface area contributed by atoms with Crippen LogP contribution in [-0.2, 0) is 16.0 Å². The minimum Gasteiger partial charge on any atom is -0.760 e. The minimum atomic E-state index is -2.90. The van der Waals surface area contributed by atoms with Gasteiger partial charge in [0.05, 0.1) is 25.8 Å². The Labute approximate surface area is 237 Å². The van der Waals surface area contributed by atoms with E-state index in [-0.39, 0.29) is 29.9 Å². The highest BCUT2D eigenvalue weighted by atomic mass is 32.2. The van der Waals surface area contributed by atoms with Crippen LogP contribution in [0.3, 0.4) is 0 Å². The second kappa shape index (κ2) is 12.5. The van der Waals surface area contributed by atoms with Gasteiger partial charge in [-0.2, -0.15) is 15.0 Å². The summed E-state index contributed by atoms with van der Waals surface area (Å²) in [4.78, 5) is 21.9. The third-order valence-corrected chi connectivity index (χ3v) is 7.17. The molecule has 3 heterocycles. The molecule has 1 saturated heterocycles. The maximum atomic E-state index is 14.3. The molecular weight excluding hydrogens is 558 g/mol. The summed E-state index contributed by atoms with van der Waals surface area (Å²) < 4.78 is 65.2. The molecule has 1 fully saturated rings. The molecule has 4 aromatic rings. The van der Waals surface area contributed by atoms with Crippen molar-refractivity contribution in [2.24, 2.45) is 0 Å². The Kier molecular flexibility index (Phi) is 8.79. The number of aromatic nitrogens is 5. The molecule has 0 amide bonds. The van der Waals surface area contributed by atoms with Gasteiger partial charge < -0.3 is 23.8 Å². The Morgan fingerprint density at radius 1 is 1.07 bits per heavy atom. The lowest BCUT2D eigenvalue weighted by Gasteiger charge is -2.27. The van der Waals surface area contributed by atoms with Gasteiger partial charge in [-0.1, -0.05) is 30.3 Å². The monoisotopic (exact) mass is 587 g/mol. The quantitative estimate of drug-likeness (QED) is 0.276. The SMILES string of the molecule is COc1cccc2c1nc(C(F)F)n2-c1nc(-c2ccc(C(CNS(=O)[O-])N(C)C)cc2)nc(N2CCOCC2)n1. The Balaban J connectivity index is 1.62. The summed E-state index contributed by atoms with van der Waals surface area (Å²) >= 11 is -2.39. The Morgan fingerprint density at radius 3 is 2.41 bits per heavy atom. The molecule has 1 N–H and O–H groups in total. The molecule has 0 radical (unpaired) electrons. The standard InChI is InChI=1S/C26H30F2N8O4S/c1-34(2)19(15-29-41(37)38)16-7-9-17(10-8-16)23-31-25(35-11-13-40-14-12-35)33-26(32-23)36-18-5-4-6-20(39-3)21(18)30-24(36)22(27)28/h4-10,19,22,29H,11-15H2,1-3H3,(H,37,38)/p-1. The number of para-hydroxylation sites is 1. The van der Waals surface area contributed by atoms with Crippen LogP contribution >= 0.6 is 0 Å². The maximum Gasteiger partial charge on any atom is 0.296 e. The Bertz CT molecular complexity index is 1530. The zero-order valence-corrected chi connectivity index (χ0v) is 23.5. The first-order chi connectivity index (χ1) is 19.8. The molecule has 2 unspecified atom stereocenters. The molecular formula is C26H29F2N8O4S-. The van der Waals surface area contributed by atoms with Gasteiger partial charge in [-0.25, -0.2) is 18.5 Å². The molecule has 41 heavy (non-hydrogen) atoms. The van der Waals surface area contributed by atoms with Crippen LogP contribution in [-0.4, -0.2) is 92.2 Å². The third-order valence-electron chi connectivity index (χ3n) is 6.77. The summed E-state index contributed by atoms with van der Waals surface area (Å²) in [5.41, 5.74) is 2.14. The minimum absolute atomic E-state index is 0.0000791. The lowest BCUT2D eigenvalue weighted by molar-refractivity contribution is 0.122. The fraction of sp³-hybridized carbons (Fsp3) is 0.385. The fourth-order valence-corrected chi connectivity index (χ4v) is 4.99. The van der Waals surface area contributed by atoms with Crippen LogP contribution in [0.4, 0.5) is 14.7 Å². The number of hydrogen-bond acceptors (Lipinski definition) is 10. The Morgan fingerprint density at radius 2 is 1.78 bits per heavy atom. The van der Waals surface area contributed by atoms with Gasteiger partial charge in [-0.05, 0) is 31.8 Å². The number of anilines is 1. The van der Waals surface area contributed by atoms with Gasteiger partial charge in [0.15, 0.2) is 11.6 Å². The van der Waals surface area contributed by atoms with Crippen LogP contribution in [0.1, 0.15) is 23.9 Å². The van der Waals surface area contributed by atoms with E-state index in [2.05, 4.69) is 19.7 Å². The summed E-state index contributed by atoms with van der Waals surface area (Å²) in [6.45, 7) is 2.20. The Hall–Kier alpha value is -3.63. The summed E-state index contributed by atoms with van der Waals surface area (Å²) in [5.74, 6) is 0.456. The first-order valence-electron chi connectivity index (χ1n) is 12.8. The zero-order valence-electron chi connectivity index (χ0n) is 22.7. The van der Waals surface area contributed by atoms with Gasteiger partial charge in [0, 0.05) is 42.5 Å². The number of imidazole rings is 1. The van der Waals surface area contributed by atoms with Crippen LogP contribution in [0.25, 0.3) is 28.4 Å². The molecule has 15 heteroatoms. The highest BCUT2D eigenvalue weighted by molar-refractivity contribution is 7.77. The number of nitrogens with one attached hydrogen (secondary N) is 1. The molecule has 2 aromatic carbocycles. The van der Waals surface area contributed by atoms with Crippen molar-refractivity contribution < 1.29 is 27.0 Å². The molecule has 0 aliphatic carbocycles. The molecule has 2 aromatic heterocycles. The molecule has 0 saturated carbocycles. The normalized spacial score (nSPS) is 15.6. The molecule has 0 spiro atoms. The highest BCUT2D eigenvalue weighted by Gasteiger charge is 2.26. The summed E-state index contributed by atoms with van der Waals surface area (Å²) in [6, 6.07) is 12.1. The van der Waals surface area contributed by atoms with Crippen LogP contribution in [0, 0.1) is 0 Å². The number of alkyl halides is 2. The van der Waals surface area contributed by atoms with Crippen molar-refractivity contribution in [2.45, 2.75) is 12.5 Å². The highest BCUT2D eigenvalue weighted by Crippen LogP contribution is 2.33. The van der Waals surface area contributed by atoms with E-state index < -0.39 is 23.5 Å².